The van der Waals surface area contributed by atoms with Crippen molar-refractivity contribution in [3.8, 4) is 5.75 Å². The number of ketones is 4. The number of fused-ring (bicyclic) bond motifs is 1. The number of Topliss-reactive ketones (excluding diaryl/α,β-unsaturated/α-hetero) is 4. The van der Waals surface area contributed by atoms with E-state index in [0.717, 1.165) is 34.9 Å². The molecule has 0 aliphatic heterocycles. The fourth-order valence-electron chi connectivity index (χ4n) is 10.5. The SMILES string of the molecule is CC(C)C[C@H](NC(=O)[C@@H](CC(=O)[C@@H](C)CCCCN)Cc1ccc(O)cc1)C(=O)C[C@@H](Cc1c[nH]c2ccccc12)C(=O)NCC(=O)C[C@@H](Cc1ccccc1)C(=O)N[C@H](C(=O)C[C@H](C(=O)N[C@@H](Cc1ccccc1)C(N)=O)C(C)C)[C@@H](C)O. The maximum absolute atomic E-state index is 14.7. The van der Waals surface area contributed by atoms with Crippen LogP contribution < -0.4 is 32.7 Å². The summed E-state index contributed by atoms with van der Waals surface area (Å²) in [7, 11) is 0. The number of benzene rings is 4. The summed E-state index contributed by atoms with van der Waals surface area (Å²) in [5.41, 5.74) is 15.1. The van der Waals surface area contributed by atoms with Crippen LogP contribution in [0.4, 0.5) is 0 Å². The maximum Gasteiger partial charge on any atom is 0.240 e. The standard InChI is InChI=1S/C66H87N7O11/c1-40(2)29-56(71-64(82)48(31-46-24-26-51(75)27-25-46)35-58(77)42(5)17-15-16-28-67)59(78)36-49(33-50-38-69-55-23-14-13-22-53(50)55)63(81)70-39-52(76)34-47(30-44-18-9-7-10-19-44)65(83)73-61(43(6)74)60(79)37-54(41(3)4)66(84)72-57(62(68)80)32-45-20-11-8-12-21-45/h7-14,18-27,38,40-43,47-49,54,56-57,61,69,74-75H,15-17,28-37,39,67H2,1-6H3,(H2,68,80)(H,70,81)(H,71,82)(H,72,84)(H,73,83)/t42-,43+,47+,48+,49+,54-,56-,57-,61-/m0/s1. The van der Waals surface area contributed by atoms with E-state index in [2.05, 4.69) is 26.3 Å². The molecule has 0 aliphatic rings. The van der Waals surface area contributed by atoms with Gasteiger partial charge in [-0.1, -0.05) is 132 Å². The number of rotatable bonds is 37. The lowest BCUT2D eigenvalue weighted by Gasteiger charge is -2.27. The number of aromatic nitrogens is 1. The Bertz CT molecular complexity index is 2980. The number of phenolic OH excluding ortho intramolecular Hbond substituents is 1. The van der Waals surface area contributed by atoms with Gasteiger partial charge < -0.3 is 47.9 Å². The van der Waals surface area contributed by atoms with Crippen molar-refractivity contribution in [3.63, 3.8) is 0 Å². The van der Waals surface area contributed by atoms with Gasteiger partial charge in [-0.3, -0.25) is 43.2 Å². The van der Waals surface area contributed by atoms with E-state index in [1.165, 1.54) is 19.1 Å². The van der Waals surface area contributed by atoms with Gasteiger partial charge in [0.25, 0.3) is 0 Å². The molecule has 4 aromatic carbocycles. The van der Waals surface area contributed by atoms with Gasteiger partial charge in [-0.2, -0.15) is 0 Å². The summed E-state index contributed by atoms with van der Waals surface area (Å²) >= 11 is 0. The van der Waals surface area contributed by atoms with Crippen LogP contribution in [0, 0.1) is 41.4 Å². The number of para-hydroxylation sites is 1. The number of aromatic hydroxyl groups is 1. The highest BCUT2D eigenvalue weighted by Crippen LogP contribution is 2.26. The van der Waals surface area contributed by atoms with Crippen molar-refractivity contribution in [1.29, 1.82) is 0 Å². The number of phenols is 1. The highest BCUT2D eigenvalue weighted by atomic mass is 16.3. The number of nitrogens with two attached hydrogens (primary N) is 2. The maximum atomic E-state index is 14.7. The number of aliphatic hydroxyl groups excluding tert-OH is 1. The molecular formula is C66H87N7O11. The van der Waals surface area contributed by atoms with E-state index in [4.69, 9.17) is 11.5 Å². The van der Waals surface area contributed by atoms with Crippen LogP contribution in [0.5, 0.6) is 5.75 Å². The zero-order valence-corrected chi connectivity index (χ0v) is 49.4. The van der Waals surface area contributed by atoms with Gasteiger partial charge in [-0.05, 0) is 104 Å². The Balaban J connectivity index is 1.33. The van der Waals surface area contributed by atoms with Crippen LogP contribution in [0.25, 0.3) is 10.9 Å². The first-order valence-electron chi connectivity index (χ1n) is 29.4. The first-order chi connectivity index (χ1) is 40.0. The van der Waals surface area contributed by atoms with Crippen LogP contribution in [0.2, 0.25) is 0 Å². The van der Waals surface area contributed by atoms with E-state index < -0.39 is 120 Å². The topological polar surface area (TPSA) is 310 Å². The van der Waals surface area contributed by atoms with E-state index in [0.29, 0.717) is 24.1 Å². The molecule has 84 heavy (non-hydrogen) atoms. The highest BCUT2D eigenvalue weighted by molar-refractivity contribution is 5.98. The molecule has 18 nitrogen and oxygen atoms in total. The summed E-state index contributed by atoms with van der Waals surface area (Å²) in [4.78, 5) is 129. The number of aromatic amines is 1. The van der Waals surface area contributed by atoms with Crippen molar-refractivity contribution >= 4 is 63.6 Å². The second-order valence-corrected chi connectivity index (χ2v) is 23.3. The summed E-state index contributed by atoms with van der Waals surface area (Å²) in [5, 5.41) is 32.8. The van der Waals surface area contributed by atoms with Gasteiger partial charge in [-0.15, -0.1) is 0 Å². The molecule has 0 bridgehead atoms. The second kappa shape index (κ2) is 33.5. The fraction of sp³-hybridized carbons (Fsp3) is 0.470. The molecule has 0 aliphatic carbocycles. The summed E-state index contributed by atoms with van der Waals surface area (Å²) in [6.07, 6.45) is 1.89. The zero-order chi connectivity index (χ0) is 61.5. The van der Waals surface area contributed by atoms with Gasteiger partial charge in [0.1, 0.15) is 23.6 Å². The lowest BCUT2D eigenvalue weighted by atomic mass is 9.86. The number of hydrogen-bond donors (Lipinski definition) is 9. The first-order valence-corrected chi connectivity index (χ1v) is 29.4. The van der Waals surface area contributed by atoms with Crippen molar-refractivity contribution < 1.29 is 53.4 Å². The van der Waals surface area contributed by atoms with Crippen LogP contribution in [0.15, 0.2) is 115 Å². The van der Waals surface area contributed by atoms with Crippen molar-refractivity contribution in [2.24, 2.45) is 52.9 Å². The molecule has 5 aromatic rings. The van der Waals surface area contributed by atoms with Crippen molar-refractivity contribution in [1.82, 2.24) is 26.3 Å². The number of H-pyrrole nitrogens is 1. The number of aliphatic hydroxyl groups is 1. The van der Waals surface area contributed by atoms with Crippen LogP contribution in [0.1, 0.15) is 115 Å². The predicted molar refractivity (Wildman–Crippen MR) is 323 cm³/mol. The molecule has 1 aromatic heterocycles. The average Bonchev–Trinajstić information content (AvgIpc) is 4.13. The molecule has 0 spiro atoms. The second-order valence-electron chi connectivity index (χ2n) is 23.3. The van der Waals surface area contributed by atoms with Gasteiger partial charge in [0.05, 0.1) is 18.7 Å². The largest absolute Gasteiger partial charge is 0.508 e. The Kier molecular flexibility index (Phi) is 26.7. The fourth-order valence-corrected chi connectivity index (χ4v) is 10.5. The Morgan fingerprint density at radius 1 is 0.560 bits per heavy atom. The summed E-state index contributed by atoms with van der Waals surface area (Å²) in [6.45, 7) is 10.4. The monoisotopic (exact) mass is 1150 g/mol. The number of hydrogen-bond acceptors (Lipinski definition) is 12. The van der Waals surface area contributed by atoms with Crippen molar-refractivity contribution in [2.45, 2.75) is 143 Å². The summed E-state index contributed by atoms with van der Waals surface area (Å²) in [5.74, 6) is -9.66. The van der Waals surface area contributed by atoms with Gasteiger partial charge in [0.15, 0.2) is 17.3 Å². The Morgan fingerprint density at radius 3 is 1.70 bits per heavy atom. The molecular weight excluding hydrogens is 1070 g/mol. The van der Waals surface area contributed by atoms with Gasteiger partial charge in [-0.25, -0.2) is 0 Å². The summed E-state index contributed by atoms with van der Waals surface area (Å²) < 4.78 is 0. The highest BCUT2D eigenvalue weighted by Gasteiger charge is 2.36. The average molecular weight is 1150 g/mol. The predicted octanol–water partition coefficient (Wildman–Crippen LogP) is 6.35. The normalized spacial score (nSPS) is 14.7. The smallest absolute Gasteiger partial charge is 0.240 e. The molecule has 5 amide bonds. The molecule has 11 N–H and O–H groups in total. The molecule has 0 saturated carbocycles. The van der Waals surface area contributed by atoms with Crippen LogP contribution >= 0.6 is 0 Å². The summed E-state index contributed by atoms with van der Waals surface area (Å²) in [6, 6.07) is 28.1. The third kappa shape index (κ3) is 21.4. The lowest BCUT2D eigenvalue weighted by molar-refractivity contribution is -0.137. The van der Waals surface area contributed by atoms with E-state index in [1.54, 1.807) is 86.8 Å². The molecule has 5 rings (SSSR count). The molecule has 9 atom stereocenters. The molecule has 0 saturated heterocycles. The van der Waals surface area contributed by atoms with Gasteiger partial charge in [0, 0.05) is 78.8 Å². The molecule has 0 radical (unpaired) electrons. The van der Waals surface area contributed by atoms with E-state index in [9.17, 15) is 53.4 Å². The van der Waals surface area contributed by atoms with Crippen LogP contribution in [-0.2, 0) is 68.8 Å². The minimum absolute atomic E-state index is 0.0401. The van der Waals surface area contributed by atoms with Crippen LogP contribution in [0.3, 0.4) is 0 Å². The third-order valence-corrected chi connectivity index (χ3v) is 15.5. The molecule has 452 valence electrons. The minimum Gasteiger partial charge on any atom is -0.508 e. The number of nitrogens with one attached hydrogen (secondary N) is 5. The Hall–Kier alpha value is -7.83. The molecule has 18 heteroatoms. The number of carbonyl (C=O) groups excluding carboxylic acids is 9. The van der Waals surface area contributed by atoms with Gasteiger partial charge >= 0.3 is 0 Å². The Morgan fingerprint density at radius 2 is 1.11 bits per heavy atom. The molecule has 1 heterocycles. The molecule has 0 fully saturated rings. The Labute approximate surface area is 493 Å². The lowest BCUT2D eigenvalue weighted by Crippen LogP contribution is -2.52. The third-order valence-electron chi connectivity index (χ3n) is 15.5. The minimum atomic E-state index is -1.49. The quantitative estimate of drug-likeness (QED) is 0.0197. The van der Waals surface area contributed by atoms with Crippen molar-refractivity contribution in [3.05, 3.63) is 138 Å². The van der Waals surface area contributed by atoms with Crippen molar-refractivity contribution in [2.75, 3.05) is 13.1 Å². The van der Waals surface area contributed by atoms with E-state index >= 15 is 0 Å². The zero-order valence-electron chi connectivity index (χ0n) is 49.4. The van der Waals surface area contributed by atoms with Gasteiger partial charge in [0.2, 0.25) is 29.5 Å². The molecule has 0 unspecified atom stereocenters. The number of amides is 5. The van der Waals surface area contributed by atoms with Crippen LogP contribution in [-0.4, -0.2) is 105 Å². The van der Waals surface area contributed by atoms with E-state index in [-0.39, 0.29) is 68.3 Å². The number of carbonyl (C=O) groups is 9. The number of primary amides is 1. The first kappa shape index (κ1) is 67.0. The van der Waals surface area contributed by atoms with E-state index in [1.807, 2.05) is 51.1 Å². The number of unbranched alkanes of at least 4 members (excludes halogenated alkanes) is 1.